The molecule has 0 fully saturated rings. The van der Waals surface area contributed by atoms with Crippen molar-refractivity contribution in [1.82, 2.24) is 18.3 Å². The molecule has 0 saturated heterocycles. The van der Waals surface area contributed by atoms with E-state index >= 15 is 0 Å². The fraction of sp³-hybridized carbons (Fsp3) is 0.0182. The zero-order valence-electron chi connectivity index (χ0n) is 32.7. The van der Waals surface area contributed by atoms with Crippen LogP contribution in [0.3, 0.4) is 0 Å². The van der Waals surface area contributed by atoms with Crippen LogP contribution in [0.15, 0.2) is 200 Å². The Morgan fingerprint density at radius 2 is 0.600 bits per heavy atom. The van der Waals surface area contributed by atoms with Crippen molar-refractivity contribution in [2.75, 3.05) is 0 Å². The van der Waals surface area contributed by atoms with Gasteiger partial charge in [0.25, 0.3) is 0 Å². The first-order chi connectivity index (χ1) is 29.7. The van der Waals surface area contributed by atoms with E-state index < -0.39 is 0 Å². The van der Waals surface area contributed by atoms with Gasteiger partial charge in [-0.25, -0.2) is 0 Å². The molecule has 60 heavy (non-hydrogen) atoms. The highest BCUT2D eigenvalue weighted by atomic mass is 16.5. The van der Waals surface area contributed by atoms with Gasteiger partial charge >= 0.3 is 0 Å². The second-order valence-electron chi connectivity index (χ2n) is 15.8. The highest BCUT2D eigenvalue weighted by molar-refractivity contribution is 6.14. The zero-order chi connectivity index (χ0) is 39.5. The molecular weight excluding hydrogens is 733 g/mol. The number of nitrogens with zero attached hydrogens (tertiary/aromatic N) is 4. The second kappa shape index (κ2) is 12.5. The van der Waals surface area contributed by atoms with Crippen molar-refractivity contribution in [3.05, 3.63) is 200 Å². The summed E-state index contributed by atoms with van der Waals surface area (Å²) < 4.78 is 16.1. The number of hydrogen-bond donors (Lipinski definition) is 0. The van der Waals surface area contributed by atoms with Crippen LogP contribution in [-0.4, -0.2) is 18.3 Å². The molecule has 0 radical (unpaired) electrons. The number of hydrogen-bond acceptors (Lipinski definition) is 1. The molecular formula is C55H36N4O. The molecule has 0 amide bonds. The lowest BCUT2D eigenvalue weighted by atomic mass is 10.1. The van der Waals surface area contributed by atoms with Crippen LogP contribution in [-0.2, 0) is 7.05 Å². The SMILES string of the molecule is Cn1c2ccc(-n3c4ccccc4c4ccccc43)cc2c2cc(-n3c4ccccc4c4cc(Oc5ccc6c(c5)c5ccccc5n6-c5ccccc5)ccc43)ccc21. The smallest absolute Gasteiger partial charge is 0.128 e. The van der Waals surface area contributed by atoms with Crippen molar-refractivity contribution in [3.63, 3.8) is 0 Å². The second-order valence-corrected chi connectivity index (χ2v) is 15.8. The normalized spacial score (nSPS) is 12.1. The quantitative estimate of drug-likeness (QED) is 0.171. The minimum Gasteiger partial charge on any atom is -0.457 e. The molecule has 0 bridgehead atoms. The van der Waals surface area contributed by atoms with Gasteiger partial charge in [-0.3, -0.25) is 0 Å². The van der Waals surface area contributed by atoms with Gasteiger partial charge < -0.3 is 23.0 Å². The molecule has 0 aliphatic carbocycles. The molecule has 13 rings (SSSR count). The molecule has 0 unspecified atom stereocenters. The molecule has 0 aliphatic rings. The molecule has 9 aromatic carbocycles. The van der Waals surface area contributed by atoms with E-state index in [1.165, 1.54) is 59.9 Å². The minimum atomic E-state index is 0.804. The molecule has 282 valence electrons. The molecule has 5 nitrogen and oxygen atoms in total. The predicted octanol–water partition coefficient (Wildman–Crippen LogP) is 14.4. The molecule has 0 aliphatic heterocycles. The van der Waals surface area contributed by atoms with Gasteiger partial charge in [0.15, 0.2) is 0 Å². The summed E-state index contributed by atoms with van der Waals surface area (Å²) in [7, 11) is 2.17. The van der Waals surface area contributed by atoms with Crippen LogP contribution < -0.4 is 4.74 Å². The van der Waals surface area contributed by atoms with Gasteiger partial charge in [0, 0.05) is 78.2 Å². The molecule has 0 spiro atoms. The Balaban J connectivity index is 0.935. The van der Waals surface area contributed by atoms with Crippen molar-refractivity contribution in [1.29, 1.82) is 0 Å². The van der Waals surface area contributed by atoms with Crippen LogP contribution in [0.4, 0.5) is 0 Å². The summed E-state index contributed by atoms with van der Waals surface area (Å²) in [6.45, 7) is 0. The van der Waals surface area contributed by atoms with E-state index in [2.05, 4.69) is 226 Å². The third kappa shape index (κ3) is 4.68. The third-order valence-electron chi connectivity index (χ3n) is 12.6. The number of rotatable bonds is 5. The molecule has 0 saturated carbocycles. The van der Waals surface area contributed by atoms with Crippen molar-refractivity contribution >= 4 is 87.2 Å². The van der Waals surface area contributed by atoms with Gasteiger partial charge in [0.05, 0.1) is 33.1 Å². The standard InChI is InChI=1S/C55H36N4O/c1-56-48-27-23-36(58-50-19-9-5-15-40(50)41-16-6-10-20-51(41)58)31-44(48)45-32-37(24-28-49(45)56)59-53-22-12-8-18-43(53)47-34-39(26-30-55(47)59)60-38-25-29-54-46(33-38)42-17-7-11-21-52(42)57(54)35-13-3-2-4-14-35/h2-34H,1H3. The maximum Gasteiger partial charge on any atom is 0.128 e. The summed E-state index contributed by atoms with van der Waals surface area (Å²) in [4.78, 5) is 0. The van der Waals surface area contributed by atoms with Gasteiger partial charge in [-0.15, -0.1) is 0 Å². The predicted molar refractivity (Wildman–Crippen MR) is 250 cm³/mol. The van der Waals surface area contributed by atoms with Gasteiger partial charge in [-0.1, -0.05) is 91.0 Å². The van der Waals surface area contributed by atoms with Crippen molar-refractivity contribution < 1.29 is 4.74 Å². The maximum atomic E-state index is 6.70. The van der Waals surface area contributed by atoms with Crippen molar-refractivity contribution in [2.45, 2.75) is 0 Å². The highest BCUT2D eigenvalue weighted by Crippen LogP contribution is 2.40. The van der Waals surface area contributed by atoms with E-state index in [9.17, 15) is 0 Å². The number of fused-ring (bicyclic) bond motifs is 12. The molecule has 5 heteroatoms. The lowest BCUT2D eigenvalue weighted by Gasteiger charge is -2.10. The first kappa shape index (κ1) is 33.0. The molecule has 13 aromatic rings. The number of para-hydroxylation sites is 5. The number of aromatic nitrogens is 4. The maximum absolute atomic E-state index is 6.70. The van der Waals surface area contributed by atoms with Gasteiger partial charge in [-0.2, -0.15) is 0 Å². The molecule has 4 aromatic heterocycles. The fourth-order valence-electron chi connectivity index (χ4n) is 9.97. The first-order valence-corrected chi connectivity index (χ1v) is 20.5. The zero-order valence-corrected chi connectivity index (χ0v) is 32.7. The van der Waals surface area contributed by atoms with E-state index in [0.29, 0.717) is 0 Å². The van der Waals surface area contributed by atoms with Crippen LogP contribution in [0.2, 0.25) is 0 Å². The average molecular weight is 769 g/mol. The summed E-state index contributed by atoms with van der Waals surface area (Å²) in [5, 5.41) is 9.68. The Morgan fingerprint density at radius 1 is 0.267 bits per heavy atom. The summed E-state index contributed by atoms with van der Waals surface area (Å²) in [6, 6.07) is 72.0. The molecule has 0 atom stereocenters. The first-order valence-electron chi connectivity index (χ1n) is 20.5. The van der Waals surface area contributed by atoms with Crippen LogP contribution in [0.25, 0.3) is 104 Å². The van der Waals surface area contributed by atoms with Crippen molar-refractivity contribution in [3.8, 4) is 28.6 Å². The lowest BCUT2D eigenvalue weighted by molar-refractivity contribution is 0.484. The summed E-state index contributed by atoms with van der Waals surface area (Å²) >= 11 is 0. The lowest BCUT2D eigenvalue weighted by Crippen LogP contribution is -1.94. The molecule has 0 N–H and O–H groups in total. The number of benzene rings is 9. The topological polar surface area (TPSA) is 28.9 Å². The van der Waals surface area contributed by atoms with E-state index in [0.717, 1.165) is 55.9 Å². The van der Waals surface area contributed by atoms with Crippen LogP contribution in [0.5, 0.6) is 11.5 Å². The van der Waals surface area contributed by atoms with Gasteiger partial charge in [-0.05, 0) is 109 Å². The largest absolute Gasteiger partial charge is 0.457 e. The Labute approximate surface area is 344 Å². The van der Waals surface area contributed by atoms with Crippen molar-refractivity contribution in [2.24, 2.45) is 7.05 Å². The Kier molecular flexibility index (Phi) is 6.87. The summed E-state index contributed by atoms with van der Waals surface area (Å²) in [6.07, 6.45) is 0. The summed E-state index contributed by atoms with van der Waals surface area (Å²) in [5.41, 5.74) is 12.9. The fourth-order valence-corrected chi connectivity index (χ4v) is 9.97. The van der Waals surface area contributed by atoms with E-state index in [4.69, 9.17) is 4.74 Å². The van der Waals surface area contributed by atoms with E-state index in [-0.39, 0.29) is 0 Å². The summed E-state index contributed by atoms with van der Waals surface area (Å²) in [5.74, 6) is 1.61. The van der Waals surface area contributed by atoms with Crippen LogP contribution >= 0.6 is 0 Å². The highest BCUT2D eigenvalue weighted by Gasteiger charge is 2.19. The van der Waals surface area contributed by atoms with E-state index in [1.54, 1.807) is 0 Å². The number of aryl methyl sites for hydroxylation is 1. The Hall–Kier alpha value is -8.02. The monoisotopic (exact) mass is 768 g/mol. The average Bonchev–Trinajstić information content (AvgIpc) is 4.01. The minimum absolute atomic E-state index is 0.804. The Morgan fingerprint density at radius 3 is 1.05 bits per heavy atom. The van der Waals surface area contributed by atoms with E-state index in [1.807, 2.05) is 0 Å². The van der Waals surface area contributed by atoms with Gasteiger partial charge in [0.1, 0.15) is 11.5 Å². The van der Waals surface area contributed by atoms with Crippen LogP contribution in [0.1, 0.15) is 0 Å². The molecule has 4 heterocycles. The Bertz CT molecular complexity index is 3830. The van der Waals surface area contributed by atoms with Gasteiger partial charge in [0.2, 0.25) is 0 Å². The third-order valence-corrected chi connectivity index (χ3v) is 12.6. The number of ether oxygens (including phenoxy) is 1. The van der Waals surface area contributed by atoms with Crippen LogP contribution in [0, 0.1) is 0 Å².